The SMILES string of the molecule is Cc1ccc(C(=O)Oc2ccc(Br)cc2/C=C2/N=C(c3sc4cc(C)ccc4c3Cl)OC2=O)cc1. The monoisotopic (exact) mass is 565 g/mol. The van der Waals surface area contributed by atoms with E-state index in [1.165, 1.54) is 17.4 Å². The molecule has 1 aliphatic rings. The molecule has 4 aromatic rings. The first kappa shape index (κ1) is 23.5. The number of aryl methyl sites for hydroxylation is 2. The lowest BCUT2D eigenvalue weighted by atomic mass is 10.1. The average molecular weight is 567 g/mol. The second kappa shape index (κ2) is 9.41. The number of rotatable bonds is 4. The normalized spacial score (nSPS) is 14.3. The lowest BCUT2D eigenvalue weighted by Gasteiger charge is -2.08. The van der Waals surface area contributed by atoms with E-state index < -0.39 is 11.9 Å². The number of esters is 2. The Morgan fingerprint density at radius 3 is 2.57 bits per heavy atom. The van der Waals surface area contributed by atoms with Crippen LogP contribution in [0.15, 0.2) is 75.8 Å². The van der Waals surface area contributed by atoms with Gasteiger partial charge in [0.25, 0.3) is 0 Å². The number of hydrogen-bond acceptors (Lipinski definition) is 6. The number of nitrogens with zero attached hydrogens (tertiary/aromatic N) is 1. The molecule has 0 bridgehead atoms. The zero-order chi connectivity index (χ0) is 24.7. The molecule has 0 atom stereocenters. The van der Waals surface area contributed by atoms with Gasteiger partial charge in [-0.2, -0.15) is 0 Å². The van der Waals surface area contributed by atoms with Crippen molar-refractivity contribution in [1.29, 1.82) is 0 Å². The highest BCUT2D eigenvalue weighted by molar-refractivity contribution is 9.10. The Kier molecular flexibility index (Phi) is 6.32. The maximum Gasteiger partial charge on any atom is 0.363 e. The highest BCUT2D eigenvalue weighted by Crippen LogP contribution is 2.38. The van der Waals surface area contributed by atoms with Crippen LogP contribution in [0.4, 0.5) is 0 Å². The van der Waals surface area contributed by atoms with Gasteiger partial charge < -0.3 is 9.47 Å². The van der Waals surface area contributed by atoms with Crippen LogP contribution in [0.3, 0.4) is 0 Å². The summed E-state index contributed by atoms with van der Waals surface area (Å²) in [5.41, 5.74) is 3.14. The lowest BCUT2D eigenvalue weighted by molar-refractivity contribution is -0.129. The van der Waals surface area contributed by atoms with E-state index in [-0.39, 0.29) is 17.3 Å². The molecule has 5 rings (SSSR count). The topological polar surface area (TPSA) is 65.0 Å². The zero-order valence-corrected chi connectivity index (χ0v) is 21.8. The van der Waals surface area contributed by atoms with E-state index in [1.807, 2.05) is 44.2 Å². The third-order valence-electron chi connectivity index (χ3n) is 5.35. The number of thiophene rings is 1. The second-order valence-electron chi connectivity index (χ2n) is 8.02. The molecular weight excluding hydrogens is 550 g/mol. The summed E-state index contributed by atoms with van der Waals surface area (Å²) >= 11 is 11.4. The van der Waals surface area contributed by atoms with Crippen LogP contribution in [0.1, 0.15) is 31.9 Å². The minimum atomic E-state index is -0.611. The van der Waals surface area contributed by atoms with Crippen molar-refractivity contribution >= 4 is 72.9 Å². The van der Waals surface area contributed by atoms with Crippen LogP contribution in [-0.4, -0.2) is 17.8 Å². The maximum atomic E-state index is 12.7. The van der Waals surface area contributed by atoms with E-state index in [1.54, 1.807) is 30.3 Å². The number of carbonyl (C=O) groups excluding carboxylic acids is 2. The molecule has 0 radical (unpaired) electrons. The summed E-state index contributed by atoms with van der Waals surface area (Å²) in [4.78, 5) is 30.3. The van der Waals surface area contributed by atoms with Crippen LogP contribution in [0.25, 0.3) is 16.2 Å². The van der Waals surface area contributed by atoms with Crippen LogP contribution >= 0.6 is 38.9 Å². The van der Waals surface area contributed by atoms with Gasteiger partial charge in [-0.25, -0.2) is 14.6 Å². The minimum Gasteiger partial charge on any atom is -0.422 e. The van der Waals surface area contributed by atoms with Gasteiger partial charge in [-0.15, -0.1) is 11.3 Å². The molecule has 1 aromatic heterocycles. The smallest absolute Gasteiger partial charge is 0.363 e. The fourth-order valence-corrected chi connectivity index (χ4v) is 5.45. The van der Waals surface area contributed by atoms with Crippen LogP contribution in [0, 0.1) is 13.8 Å². The van der Waals surface area contributed by atoms with Gasteiger partial charge in [0.05, 0.1) is 10.6 Å². The van der Waals surface area contributed by atoms with Crippen molar-refractivity contribution in [3.05, 3.63) is 103 Å². The predicted molar refractivity (Wildman–Crippen MR) is 142 cm³/mol. The summed E-state index contributed by atoms with van der Waals surface area (Å²) in [7, 11) is 0. The first-order valence-corrected chi connectivity index (χ1v) is 12.6. The molecule has 0 unspecified atom stereocenters. The standard InChI is InChI=1S/C27H17BrClNO4S/c1-14-3-6-16(7-4-14)26(31)33-21-10-8-18(28)12-17(21)13-20-27(32)34-25(30-20)24-23(29)19-9-5-15(2)11-22(19)35-24/h3-13H,1-2H3/b20-13+. The van der Waals surface area contributed by atoms with Crippen LogP contribution < -0.4 is 4.74 Å². The number of benzene rings is 3. The van der Waals surface area contributed by atoms with Gasteiger partial charge in [-0.1, -0.05) is 57.4 Å². The molecule has 0 aliphatic carbocycles. The van der Waals surface area contributed by atoms with Gasteiger partial charge in [0.2, 0.25) is 5.90 Å². The molecule has 35 heavy (non-hydrogen) atoms. The molecule has 1 aliphatic heterocycles. The summed E-state index contributed by atoms with van der Waals surface area (Å²) in [5, 5.41) is 1.37. The summed E-state index contributed by atoms with van der Waals surface area (Å²) < 4.78 is 12.8. The fourth-order valence-electron chi connectivity index (χ4n) is 3.54. The summed E-state index contributed by atoms with van der Waals surface area (Å²) in [6.07, 6.45) is 1.53. The Morgan fingerprint density at radius 1 is 1.06 bits per heavy atom. The van der Waals surface area contributed by atoms with Crippen LogP contribution in [0.2, 0.25) is 5.02 Å². The minimum absolute atomic E-state index is 0.0791. The molecule has 3 aromatic carbocycles. The van der Waals surface area contributed by atoms with E-state index in [4.69, 9.17) is 21.1 Å². The Morgan fingerprint density at radius 2 is 1.80 bits per heavy atom. The van der Waals surface area contributed by atoms with E-state index in [2.05, 4.69) is 20.9 Å². The number of carbonyl (C=O) groups is 2. The van der Waals surface area contributed by atoms with Gasteiger partial charge in [0.1, 0.15) is 10.6 Å². The molecule has 0 saturated carbocycles. The Hall–Kier alpha value is -3.26. The van der Waals surface area contributed by atoms with Gasteiger partial charge >= 0.3 is 11.9 Å². The second-order valence-corrected chi connectivity index (χ2v) is 10.4. The largest absolute Gasteiger partial charge is 0.422 e. The molecule has 0 spiro atoms. The van der Waals surface area contributed by atoms with E-state index >= 15 is 0 Å². The van der Waals surface area contributed by atoms with Crippen molar-refractivity contribution < 1.29 is 19.1 Å². The first-order valence-electron chi connectivity index (χ1n) is 10.6. The molecule has 0 N–H and O–H groups in total. The molecule has 0 fully saturated rings. The third kappa shape index (κ3) is 4.80. The van der Waals surface area contributed by atoms with Crippen molar-refractivity contribution in [2.75, 3.05) is 0 Å². The molecule has 8 heteroatoms. The Balaban J connectivity index is 1.49. The Labute approximate surface area is 218 Å². The molecule has 5 nitrogen and oxygen atoms in total. The van der Waals surface area contributed by atoms with Gasteiger partial charge in [0, 0.05) is 20.1 Å². The average Bonchev–Trinajstić information content (AvgIpc) is 3.34. The van der Waals surface area contributed by atoms with E-state index in [9.17, 15) is 9.59 Å². The lowest BCUT2D eigenvalue weighted by Crippen LogP contribution is -2.09. The zero-order valence-electron chi connectivity index (χ0n) is 18.6. The first-order chi connectivity index (χ1) is 16.8. The van der Waals surface area contributed by atoms with Crippen molar-refractivity contribution in [2.45, 2.75) is 13.8 Å². The van der Waals surface area contributed by atoms with Crippen LogP contribution in [0.5, 0.6) is 5.75 Å². The van der Waals surface area contributed by atoms with Crippen molar-refractivity contribution in [3.8, 4) is 5.75 Å². The number of aliphatic imine (C=N–C) groups is 1. The molecule has 2 heterocycles. The van der Waals surface area contributed by atoms with E-state index in [0.717, 1.165) is 25.7 Å². The van der Waals surface area contributed by atoms with Crippen molar-refractivity contribution in [2.24, 2.45) is 4.99 Å². The number of fused-ring (bicyclic) bond motifs is 1. The number of halogens is 2. The van der Waals surface area contributed by atoms with Gasteiger partial charge in [0.15, 0.2) is 5.70 Å². The maximum absolute atomic E-state index is 12.7. The molecule has 174 valence electrons. The van der Waals surface area contributed by atoms with Gasteiger partial charge in [-0.3, -0.25) is 0 Å². The summed E-state index contributed by atoms with van der Waals surface area (Å²) in [6.45, 7) is 3.94. The number of cyclic esters (lactones) is 1. The molecule has 0 saturated heterocycles. The third-order valence-corrected chi connectivity index (χ3v) is 7.49. The highest BCUT2D eigenvalue weighted by Gasteiger charge is 2.28. The quantitative estimate of drug-likeness (QED) is 0.146. The summed E-state index contributed by atoms with van der Waals surface area (Å²) in [5.74, 6) is -0.672. The highest BCUT2D eigenvalue weighted by atomic mass is 79.9. The van der Waals surface area contributed by atoms with Crippen molar-refractivity contribution in [1.82, 2.24) is 0 Å². The number of ether oxygens (including phenoxy) is 2. The van der Waals surface area contributed by atoms with Crippen molar-refractivity contribution in [3.63, 3.8) is 0 Å². The van der Waals surface area contributed by atoms with Crippen LogP contribution in [-0.2, 0) is 9.53 Å². The molecular formula is C27H17BrClNO4S. The number of hydrogen-bond donors (Lipinski definition) is 0. The molecule has 0 amide bonds. The predicted octanol–water partition coefficient (Wildman–Crippen LogP) is 7.50. The fraction of sp³-hybridized carbons (Fsp3) is 0.0741. The Bertz CT molecular complexity index is 1570. The van der Waals surface area contributed by atoms with Gasteiger partial charge in [-0.05, 0) is 61.9 Å². The summed E-state index contributed by atoms with van der Waals surface area (Å²) in [6, 6.07) is 18.2. The van der Waals surface area contributed by atoms with E-state index in [0.29, 0.717) is 21.0 Å².